The lowest BCUT2D eigenvalue weighted by Crippen LogP contribution is -2.33. The van der Waals surface area contributed by atoms with Gasteiger partial charge in [-0.15, -0.1) is 0 Å². The first-order valence-corrected chi connectivity index (χ1v) is 39.6. The lowest BCUT2D eigenvalue weighted by Gasteiger charge is -2.31. The Morgan fingerprint density at radius 1 is 0.389 bits per heavy atom. The van der Waals surface area contributed by atoms with Gasteiger partial charge in [0.05, 0.1) is 25.7 Å². The molecule has 0 radical (unpaired) electrons. The van der Waals surface area contributed by atoms with Gasteiger partial charge >= 0.3 is 0 Å². The van der Waals surface area contributed by atoms with Crippen molar-refractivity contribution in [2.75, 3.05) is 84.7 Å². The number of rotatable bonds is 30. The predicted octanol–water partition coefficient (Wildman–Crippen LogP) is 13.6. The summed E-state index contributed by atoms with van der Waals surface area (Å²) in [5, 5.41) is 54.5. The van der Waals surface area contributed by atoms with Gasteiger partial charge < -0.3 is 29.8 Å². The summed E-state index contributed by atoms with van der Waals surface area (Å²) in [5.41, 5.74) is 9.33. The van der Waals surface area contributed by atoms with Crippen molar-refractivity contribution in [3.8, 4) is 24.3 Å². The number of hydrogen-bond donors (Lipinski definition) is 2. The second-order valence-electron chi connectivity index (χ2n) is 31.6. The Morgan fingerprint density at radius 3 is 0.898 bits per heavy atom. The molecule has 2 unspecified atom stereocenters. The zero-order chi connectivity index (χ0) is 79.9. The Labute approximate surface area is 641 Å². The fraction of sp³-hybridized carbons (Fsp3) is 0.463. The molecule has 2 atom stereocenters. The quantitative estimate of drug-likeness (QED) is 0.0312. The number of aliphatic hydroxyl groups excluding tert-OH is 2. The number of nitriles is 4. The molecule has 576 valence electrons. The first kappa shape index (κ1) is 88.7. The van der Waals surface area contributed by atoms with Crippen LogP contribution >= 0.6 is 0 Å². The molecule has 8 rings (SSSR count). The van der Waals surface area contributed by atoms with Gasteiger partial charge in [-0.3, -0.25) is 8.37 Å². The van der Waals surface area contributed by atoms with Crippen molar-refractivity contribution in [1.82, 2.24) is 39.9 Å². The summed E-state index contributed by atoms with van der Waals surface area (Å²) < 4.78 is 54.0. The van der Waals surface area contributed by atoms with Crippen LogP contribution in [0.2, 0.25) is 0 Å². The number of aromatic nitrogens is 8. The second kappa shape index (κ2) is 42.0. The third-order valence-electron chi connectivity index (χ3n) is 15.9. The molecular formula is C82H108N16O8S2. The monoisotopic (exact) mass is 1510 g/mol. The molecule has 4 aromatic carbocycles. The van der Waals surface area contributed by atoms with Gasteiger partial charge in [0.1, 0.15) is 47.5 Å². The third kappa shape index (κ3) is 34.8. The summed E-state index contributed by atoms with van der Waals surface area (Å²) in [6.45, 7) is 36.5. The molecule has 0 saturated carbocycles. The number of aliphatic hydroxyl groups is 2. The first-order chi connectivity index (χ1) is 50.7. The molecule has 2 N–H and O–H groups in total. The highest BCUT2D eigenvalue weighted by Gasteiger charge is 2.24. The Balaban J connectivity index is 0.000000259. The average molecular weight is 1510 g/mol. The molecule has 0 saturated heterocycles. The molecule has 0 aliphatic rings. The van der Waals surface area contributed by atoms with Crippen LogP contribution < -0.4 is 19.6 Å². The minimum absolute atomic E-state index is 0.0369. The highest BCUT2D eigenvalue weighted by molar-refractivity contribution is 7.86. The van der Waals surface area contributed by atoms with E-state index >= 15 is 0 Å². The maximum atomic E-state index is 11.2. The van der Waals surface area contributed by atoms with E-state index in [1.165, 1.54) is 11.1 Å². The molecule has 0 bridgehead atoms. The van der Waals surface area contributed by atoms with Crippen LogP contribution in [-0.2, 0) is 67.6 Å². The Hall–Kier alpha value is -9.90. The SMILES string of the molecule is CC(C)(C)CN(Cc1ccc(CCCO)cc1)c1ccnc(C#N)n1.CC(C)(C)CN(Cc1ccc(CCCOS(C)(=O)=O)cc1)c1ccnc(C#N)n1.CC(CO)c1ccc(CN(CC(C)(C)C)c2ccnc(C#N)n2)cc1.CC(COS(C)(=O)=O)c1ccc(CN(CC(C)(C)C)c2ccnc(C#N)n2)cc1. The maximum absolute atomic E-state index is 11.2. The predicted molar refractivity (Wildman–Crippen MR) is 424 cm³/mol. The second-order valence-corrected chi connectivity index (χ2v) is 34.9. The van der Waals surface area contributed by atoms with Gasteiger partial charge in [-0.2, -0.15) is 37.9 Å². The van der Waals surface area contributed by atoms with Gasteiger partial charge in [-0.1, -0.05) is 194 Å². The molecule has 0 spiro atoms. The van der Waals surface area contributed by atoms with E-state index in [0.29, 0.717) is 31.9 Å². The summed E-state index contributed by atoms with van der Waals surface area (Å²) >= 11 is 0. The van der Waals surface area contributed by atoms with Crippen LogP contribution in [0.4, 0.5) is 23.3 Å². The minimum atomic E-state index is -3.45. The molecule has 8 aromatic rings. The largest absolute Gasteiger partial charge is 0.396 e. The van der Waals surface area contributed by atoms with Crippen LogP contribution in [0.25, 0.3) is 0 Å². The highest BCUT2D eigenvalue weighted by Crippen LogP contribution is 2.29. The summed E-state index contributed by atoms with van der Waals surface area (Å²) in [6, 6.07) is 48.3. The van der Waals surface area contributed by atoms with Crippen molar-refractivity contribution in [3.05, 3.63) is 214 Å². The number of hydrogen-bond acceptors (Lipinski definition) is 24. The van der Waals surface area contributed by atoms with E-state index in [-0.39, 0.29) is 83.2 Å². The van der Waals surface area contributed by atoms with Crippen LogP contribution in [0.5, 0.6) is 0 Å². The lowest BCUT2D eigenvalue weighted by molar-refractivity contribution is 0.273. The Bertz CT molecular complexity index is 4500. The standard InChI is InChI=1S/2C21H28N4O3S.2C20H26N4O/c1-16(14-28-29(5,26)27)18-8-6-17(7-9-18)13-25(15-21(2,3)4)20-10-11-23-19(12-22)24-20;1-21(2,3)16-25(20-11-12-23-19(14-22)24-20)15-18-9-7-17(8-10-18)6-5-13-28-29(4,26)27;1-15(13-25)17-7-5-16(6-8-17)12-24(14-20(2,3)4)19-9-10-22-18(11-21)23-19;1-20(2,3)15-24(19-10-11-22-18(13-21)23-19)14-17-8-6-16(7-9-17)5-4-12-25/h6-11,16H,13-15H2,1-5H3;7-12H,5-6,13,15-16H2,1-4H3;5-10,15,25H,12-14H2,1-4H3;6-11,25H,4-5,12,14-15H2,1-3H3. The van der Waals surface area contributed by atoms with Crippen LogP contribution in [-0.4, -0.2) is 132 Å². The van der Waals surface area contributed by atoms with Crippen molar-refractivity contribution in [3.63, 3.8) is 0 Å². The molecule has 0 aliphatic carbocycles. The molecular weight excluding hydrogens is 1400 g/mol. The smallest absolute Gasteiger partial charge is 0.264 e. The van der Waals surface area contributed by atoms with Gasteiger partial charge in [0, 0.05) is 102 Å². The number of nitrogens with zero attached hydrogens (tertiary/aromatic N) is 16. The van der Waals surface area contributed by atoms with Crippen LogP contribution in [0.1, 0.15) is 189 Å². The minimum Gasteiger partial charge on any atom is -0.396 e. The van der Waals surface area contributed by atoms with E-state index in [4.69, 9.17) is 34.5 Å². The highest BCUT2D eigenvalue weighted by atomic mass is 32.2. The van der Waals surface area contributed by atoms with E-state index in [1.54, 1.807) is 24.8 Å². The van der Waals surface area contributed by atoms with Gasteiger partial charge in [0.2, 0.25) is 23.3 Å². The summed E-state index contributed by atoms with van der Waals surface area (Å²) in [4.78, 5) is 41.9. The molecule has 26 heteroatoms. The Kier molecular flexibility index (Phi) is 34.5. The third-order valence-corrected chi connectivity index (χ3v) is 17.1. The van der Waals surface area contributed by atoms with Crippen LogP contribution in [0, 0.1) is 67.0 Å². The maximum Gasteiger partial charge on any atom is 0.264 e. The van der Waals surface area contributed by atoms with Crippen molar-refractivity contribution in [1.29, 1.82) is 21.0 Å². The molecule has 0 fully saturated rings. The van der Waals surface area contributed by atoms with Gasteiger partial charge in [0.15, 0.2) is 0 Å². The molecule has 0 amide bonds. The van der Waals surface area contributed by atoms with Gasteiger partial charge in [0.25, 0.3) is 20.2 Å². The normalized spacial score (nSPS) is 12.1. The van der Waals surface area contributed by atoms with E-state index in [2.05, 4.69) is 203 Å². The molecule has 0 aliphatic heterocycles. The topological polar surface area (TPSA) is 338 Å². The number of anilines is 4. The number of benzene rings is 4. The van der Waals surface area contributed by atoms with Crippen molar-refractivity contribution >= 4 is 43.5 Å². The van der Waals surface area contributed by atoms with Crippen molar-refractivity contribution in [2.45, 2.75) is 161 Å². The lowest BCUT2D eigenvalue weighted by atomic mass is 9.95. The van der Waals surface area contributed by atoms with Gasteiger partial charge in [-0.05, 0) is 116 Å². The van der Waals surface area contributed by atoms with Crippen molar-refractivity contribution in [2.24, 2.45) is 21.7 Å². The Morgan fingerprint density at radius 2 is 0.648 bits per heavy atom. The summed E-state index contributed by atoms with van der Waals surface area (Å²) in [5.74, 6) is 3.76. The average Bonchev–Trinajstić information content (AvgIpc) is 0.851. The van der Waals surface area contributed by atoms with E-state index < -0.39 is 20.2 Å². The number of aryl methyl sites for hydroxylation is 2. The zero-order valence-corrected chi connectivity index (χ0v) is 67.3. The molecule has 4 heterocycles. The van der Waals surface area contributed by atoms with Crippen LogP contribution in [0.3, 0.4) is 0 Å². The molecule has 108 heavy (non-hydrogen) atoms. The van der Waals surface area contributed by atoms with E-state index in [0.717, 1.165) is 115 Å². The first-order valence-electron chi connectivity index (χ1n) is 35.9. The molecule has 24 nitrogen and oxygen atoms in total. The van der Waals surface area contributed by atoms with Crippen molar-refractivity contribution < 1.29 is 35.4 Å². The summed E-state index contributed by atoms with van der Waals surface area (Å²) in [6.07, 6.45) is 11.6. The van der Waals surface area contributed by atoms with Gasteiger partial charge in [-0.25, -0.2) is 39.9 Å². The van der Waals surface area contributed by atoms with E-state index in [9.17, 15) is 21.9 Å². The van der Waals surface area contributed by atoms with Crippen LogP contribution in [0.15, 0.2) is 146 Å². The fourth-order valence-corrected chi connectivity index (χ4v) is 12.0. The summed E-state index contributed by atoms with van der Waals surface area (Å²) in [7, 11) is -6.83. The molecule has 4 aromatic heterocycles. The zero-order valence-electron chi connectivity index (χ0n) is 65.6. The van der Waals surface area contributed by atoms with E-state index in [1.807, 2.05) is 98.8 Å². The fourth-order valence-electron chi connectivity index (χ4n) is 11.1.